The third-order valence-corrected chi connectivity index (χ3v) is 1.88. The summed E-state index contributed by atoms with van der Waals surface area (Å²) in [4.78, 5) is 11.4. The number of rotatable bonds is 6. The molecule has 2 N–H and O–H groups in total. The molecule has 0 saturated carbocycles. The number of carbonyl (C=O) groups excluding carboxylic acids is 1. The molecule has 0 aliphatic carbocycles. The summed E-state index contributed by atoms with van der Waals surface area (Å²) < 4.78 is 10.0. The first-order valence-electron chi connectivity index (χ1n) is 4.94. The maximum absolute atomic E-state index is 11.4. The van der Waals surface area contributed by atoms with Gasteiger partial charge < -0.3 is 15.2 Å². The van der Waals surface area contributed by atoms with E-state index < -0.39 is 6.10 Å². The first-order valence-corrected chi connectivity index (χ1v) is 4.94. The van der Waals surface area contributed by atoms with E-state index in [1.807, 2.05) is 6.92 Å². The second kappa shape index (κ2) is 6.79. The van der Waals surface area contributed by atoms with E-state index in [-0.39, 0.29) is 18.6 Å². The maximum Gasteiger partial charge on any atom is 0.336 e. The number of carbonyl (C=O) groups is 1. The third-order valence-electron chi connectivity index (χ3n) is 1.88. The monoisotopic (exact) mass is 203 g/mol. The van der Waals surface area contributed by atoms with E-state index in [1.54, 1.807) is 0 Å². The first kappa shape index (κ1) is 13.4. The molecule has 0 aliphatic rings. The van der Waals surface area contributed by atoms with E-state index in [0.717, 1.165) is 6.42 Å². The highest BCUT2D eigenvalue weighted by molar-refractivity contribution is 5.75. The normalized spacial score (nSPS) is 15.3. The largest absolute Gasteiger partial charge is 0.461 e. The van der Waals surface area contributed by atoms with E-state index in [9.17, 15) is 4.79 Å². The third kappa shape index (κ3) is 5.19. The molecule has 0 heterocycles. The van der Waals surface area contributed by atoms with Gasteiger partial charge in [-0.05, 0) is 19.3 Å². The van der Waals surface area contributed by atoms with Crippen LogP contribution in [-0.4, -0.2) is 31.8 Å². The molecule has 84 valence electrons. The van der Waals surface area contributed by atoms with Gasteiger partial charge >= 0.3 is 5.97 Å². The lowest BCUT2D eigenvalue weighted by molar-refractivity contribution is -0.160. The van der Waals surface area contributed by atoms with Gasteiger partial charge in [0.1, 0.15) is 0 Å². The lowest BCUT2D eigenvalue weighted by Gasteiger charge is -2.18. The zero-order valence-corrected chi connectivity index (χ0v) is 9.45. The Morgan fingerprint density at radius 2 is 1.93 bits per heavy atom. The summed E-state index contributed by atoms with van der Waals surface area (Å²) >= 11 is 0. The second-order valence-electron chi connectivity index (χ2n) is 3.84. The van der Waals surface area contributed by atoms with Gasteiger partial charge in [0, 0.05) is 13.7 Å². The van der Waals surface area contributed by atoms with Crippen LogP contribution >= 0.6 is 0 Å². The topological polar surface area (TPSA) is 61.5 Å². The summed E-state index contributed by atoms with van der Waals surface area (Å²) in [7, 11) is 1.45. The molecule has 0 spiro atoms. The van der Waals surface area contributed by atoms with Crippen molar-refractivity contribution in [2.45, 2.75) is 39.4 Å². The predicted octanol–water partition coefficient (Wildman–Crippen LogP) is 0.938. The van der Waals surface area contributed by atoms with Gasteiger partial charge in [0.2, 0.25) is 0 Å². The van der Waals surface area contributed by atoms with Gasteiger partial charge in [-0.1, -0.05) is 13.8 Å². The molecular weight excluding hydrogens is 182 g/mol. The van der Waals surface area contributed by atoms with E-state index >= 15 is 0 Å². The first-order chi connectivity index (χ1) is 6.51. The van der Waals surface area contributed by atoms with Gasteiger partial charge in [0.05, 0.1) is 6.10 Å². The highest BCUT2D eigenvalue weighted by Gasteiger charge is 2.20. The maximum atomic E-state index is 11.4. The van der Waals surface area contributed by atoms with E-state index in [4.69, 9.17) is 15.2 Å². The van der Waals surface area contributed by atoms with Crippen LogP contribution in [0, 0.1) is 5.92 Å². The number of nitrogens with two attached hydrogens (primary N) is 1. The SMILES string of the molecule is COC(CN)C(=O)OC(C)CC(C)C. The molecule has 0 aromatic carbocycles. The van der Waals surface area contributed by atoms with E-state index in [2.05, 4.69) is 13.8 Å². The molecule has 4 heteroatoms. The second-order valence-corrected chi connectivity index (χ2v) is 3.84. The summed E-state index contributed by atoms with van der Waals surface area (Å²) in [5.74, 6) is 0.139. The smallest absolute Gasteiger partial charge is 0.336 e. The van der Waals surface area contributed by atoms with Gasteiger partial charge in [0.15, 0.2) is 6.10 Å². The van der Waals surface area contributed by atoms with Crippen molar-refractivity contribution in [3.8, 4) is 0 Å². The molecule has 2 unspecified atom stereocenters. The molecule has 0 aromatic rings. The van der Waals surface area contributed by atoms with Gasteiger partial charge in [0.25, 0.3) is 0 Å². The number of methoxy groups -OCH3 is 1. The van der Waals surface area contributed by atoms with Crippen LogP contribution in [0.3, 0.4) is 0 Å². The number of hydrogen-bond donors (Lipinski definition) is 1. The van der Waals surface area contributed by atoms with Crippen LogP contribution < -0.4 is 5.73 Å². The minimum atomic E-state index is -0.635. The molecule has 0 saturated heterocycles. The molecule has 4 nitrogen and oxygen atoms in total. The molecule has 0 aliphatic heterocycles. The van der Waals surface area contributed by atoms with Gasteiger partial charge in [-0.3, -0.25) is 0 Å². The Morgan fingerprint density at radius 3 is 2.29 bits per heavy atom. The summed E-state index contributed by atoms with van der Waals surface area (Å²) in [5.41, 5.74) is 5.34. The van der Waals surface area contributed by atoms with Crippen LogP contribution in [0.1, 0.15) is 27.2 Å². The van der Waals surface area contributed by atoms with Crippen molar-refractivity contribution in [1.29, 1.82) is 0 Å². The fourth-order valence-corrected chi connectivity index (χ4v) is 1.27. The Bertz CT molecular complexity index is 167. The zero-order chi connectivity index (χ0) is 11.1. The van der Waals surface area contributed by atoms with Crippen LogP contribution in [0.2, 0.25) is 0 Å². The Kier molecular flexibility index (Phi) is 6.49. The van der Waals surface area contributed by atoms with Crippen LogP contribution in [-0.2, 0) is 14.3 Å². The fourth-order valence-electron chi connectivity index (χ4n) is 1.27. The van der Waals surface area contributed by atoms with Crippen molar-refractivity contribution in [3.63, 3.8) is 0 Å². The van der Waals surface area contributed by atoms with Gasteiger partial charge in [-0.25, -0.2) is 4.79 Å². The van der Waals surface area contributed by atoms with Crippen molar-refractivity contribution in [1.82, 2.24) is 0 Å². The summed E-state index contributed by atoms with van der Waals surface area (Å²) in [6.45, 7) is 6.20. The van der Waals surface area contributed by atoms with Crippen molar-refractivity contribution in [3.05, 3.63) is 0 Å². The molecule has 0 fully saturated rings. The Balaban J connectivity index is 3.91. The number of hydrogen-bond acceptors (Lipinski definition) is 4. The standard InChI is InChI=1S/C10H21NO3/c1-7(2)5-8(3)14-10(12)9(6-11)13-4/h7-9H,5-6,11H2,1-4H3. The zero-order valence-electron chi connectivity index (χ0n) is 9.45. The van der Waals surface area contributed by atoms with Crippen molar-refractivity contribution in [2.24, 2.45) is 11.7 Å². The lowest BCUT2D eigenvalue weighted by atomic mass is 10.1. The van der Waals surface area contributed by atoms with Crippen molar-refractivity contribution >= 4 is 5.97 Å². The molecule has 0 aromatic heterocycles. The summed E-state index contributed by atoms with van der Waals surface area (Å²) in [6, 6.07) is 0. The van der Waals surface area contributed by atoms with Crippen LogP contribution in [0.15, 0.2) is 0 Å². The molecule has 14 heavy (non-hydrogen) atoms. The average Bonchev–Trinajstić information content (AvgIpc) is 2.04. The minimum absolute atomic E-state index is 0.0771. The predicted molar refractivity (Wildman–Crippen MR) is 54.9 cm³/mol. The molecular formula is C10H21NO3. The highest BCUT2D eigenvalue weighted by atomic mass is 16.6. The molecule has 0 radical (unpaired) electrons. The summed E-state index contributed by atoms with van der Waals surface area (Å²) in [5, 5.41) is 0. The molecule has 0 amide bonds. The number of esters is 1. The molecule has 2 atom stereocenters. The Hall–Kier alpha value is -0.610. The van der Waals surface area contributed by atoms with E-state index in [0.29, 0.717) is 5.92 Å². The Morgan fingerprint density at radius 1 is 1.36 bits per heavy atom. The highest BCUT2D eigenvalue weighted by Crippen LogP contribution is 2.08. The molecule has 0 rings (SSSR count). The van der Waals surface area contributed by atoms with E-state index in [1.165, 1.54) is 7.11 Å². The minimum Gasteiger partial charge on any atom is -0.461 e. The van der Waals surface area contributed by atoms with Crippen molar-refractivity contribution < 1.29 is 14.3 Å². The molecule has 0 bridgehead atoms. The fraction of sp³-hybridized carbons (Fsp3) is 0.900. The number of ether oxygens (including phenoxy) is 2. The van der Waals surface area contributed by atoms with Gasteiger partial charge in [-0.2, -0.15) is 0 Å². The lowest BCUT2D eigenvalue weighted by Crippen LogP contribution is -2.35. The van der Waals surface area contributed by atoms with Crippen molar-refractivity contribution in [2.75, 3.05) is 13.7 Å². The van der Waals surface area contributed by atoms with Gasteiger partial charge in [-0.15, -0.1) is 0 Å². The van der Waals surface area contributed by atoms with Crippen LogP contribution in [0.25, 0.3) is 0 Å². The van der Waals surface area contributed by atoms with Crippen LogP contribution in [0.4, 0.5) is 0 Å². The quantitative estimate of drug-likeness (QED) is 0.652. The Labute approximate surface area is 85.8 Å². The summed E-state index contributed by atoms with van der Waals surface area (Å²) in [6.07, 6.45) is 0.142. The van der Waals surface area contributed by atoms with Crippen LogP contribution in [0.5, 0.6) is 0 Å². The average molecular weight is 203 g/mol.